The molecule has 2 fully saturated rings. The van der Waals surface area contributed by atoms with Crippen molar-refractivity contribution < 1.29 is 4.79 Å². The highest BCUT2D eigenvalue weighted by molar-refractivity contribution is 6.30. The van der Waals surface area contributed by atoms with Crippen molar-refractivity contribution in [2.24, 2.45) is 5.41 Å². The zero-order chi connectivity index (χ0) is 14.9. The summed E-state index contributed by atoms with van der Waals surface area (Å²) in [4.78, 5) is 14.7. The van der Waals surface area contributed by atoms with E-state index in [0.717, 1.165) is 50.1 Å². The number of hydrogen-bond donors (Lipinski definition) is 1. The van der Waals surface area contributed by atoms with Crippen LogP contribution < -0.4 is 5.32 Å². The molecule has 3 nitrogen and oxygen atoms in total. The number of carbonyl (C=O) groups is 1. The van der Waals surface area contributed by atoms with E-state index in [-0.39, 0.29) is 5.91 Å². The van der Waals surface area contributed by atoms with Crippen molar-refractivity contribution >= 4 is 17.5 Å². The number of piperidine rings is 2. The maximum Gasteiger partial charge on any atom is 0.254 e. The minimum atomic E-state index is 0.160. The summed E-state index contributed by atoms with van der Waals surface area (Å²) in [6.07, 6.45) is 4.81. The first-order valence-corrected chi connectivity index (χ1v) is 8.24. The summed E-state index contributed by atoms with van der Waals surface area (Å²) in [6.45, 7) is 5.99. The summed E-state index contributed by atoms with van der Waals surface area (Å²) in [5.41, 5.74) is 2.24. The van der Waals surface area contributed by atoms with E-state index in [1.165, 1.54) is 12.8 Å². The molecule has 0 aromatic heterocycles. The molecule has 2 aliphatic heterocycles. The van der Waals surface area contributed by atoms with Gasteiger partial charge in [0.15, 0.2) is 0 Å². The molecule has 1 aromatic rings. The van der Waals surface area contributed by atoms with Gasteiger partial charge in [0.05, 0.1) is 0 Å². The molecule has 114 valence electrons. The number of nitrogens with one attached hydrogen (secondary N) is 1. The number of amides is 1. The van der Waals surface area contributed by atoms with Crippen molar-refractivity contribution in [3.63, 3.8) is 0 Å². The molecule has 3 rings (SSSR count). The topological polar surface area (TPSA) is 32.3 Å². The van der Waals surface area contributed by atoms with Crippen molar-refractivity contribution in [2.75, 3.05) is 26.2 Å². The predicted octanol–water partition coefficient (Wildman–Crippen LogP) is 3.25. The Kier molecular flexibility index (Phi) is 4.23. The van der Waals surface area contributed by atoms with E-state index in [1.807, 2.05) is 24.0 Å². The van der Waals surface area contributed by atoms with Crippen molar-refractivity contribution in [2.45, 2.75) is 32.6 Å². The summed E-state index contributed by atoms with van der Waals surface area (Å²) in [5, 5.41) is 4.13. The van der Waals surface area contributed by atoms with E-state index in [1.54, 1.807) is 6.07 Å². The Balaban J connectivity index is 1.67. The molecule has 2 saturated heterocycles. The van der Waals surface area contributed by atoms with Crippen LogP contribution in [0.1, 0.15) is 41.6 Å². The third-order valence-electron chi connectivity index (χ3n) is 5.19. The maximum atomic E-state index is 12.7. The van der Waals surface area contributed by atoms with Gasteiger partial charge < -0.3 is 10.2 Å². The fourth-order valence-electron chi connectivity index (χ4n) is 3.68. The molecular weight excluding hydrogens is 284 g/mol. The zero-order valence-corrected chi connectivity index (χ0v) is 13.4. The molecule has 1 amide bonds. The Labute approximate surface area is 131 Å². The smallest absolute Gasteiger partial charge is 0.254 e. The normalized spacial score (nSPS) is 21.5. The number of halogens is 1. The first-order valence-electron chi connectivity index (χ1n) is 7.86. The van der Waals surface area contributed by atoms with E-state index in [4.69, 9.17) is 11.6 Å². The van der Waals surface area contributed by atoms with Crippen molar-refractivity contribution in [3.8, 4) is 0 Å². The number of hydrogen-bond acceptors (Lipinski definition) is 2. The van der Waals surface area contributed by atoms with Crippen LogP contribution in [0.2, 0.25) is 5.02 Å². The summed E-state index contributed by atoms with van der Waals surface area (Å²) < 4.78 is 0. The number of carbonyl (C=O) groups excluding carboxylic acids is 1. The van der Waals surface area contributed by atoms with Gasteiger partial charge in [-0.25, -0.2) is 0 Å². The Morgan fingerprint density at radius 3 is 2.48 bits per heavy atom. The second kappa shape index (κ2) is 5.98. The first-order chi connectivity index (χ1) is 10.1. The molecule has 4 heteroatoms. The predicted molar refractivity (Wildman–Crippen MR) is 85.9 cm³/mol. The number of nitrogens with zero attached hydrogens (tertiary/aromatic N) is 1. The molecule has 1 aromatic carbocycles. The van der Waals surface area contributed by atoms with Gasteiger partial charge in [0.1, 0.15) is 0 Å². The molecule has 21 heavy (non-hydrogen) atoms. The number of aryl methyl sites for hydroxylation is 1. The van der Waals surface area contributed by atoms with Gasteiger partial charge in [-0.3, -0.25) is 4.79 Å². The number of rotatable bonds is 1. The highest BCUT2D eigenvalue weighted by Crippen LogP contribution is 2.39. The Hall–Kier alpha value is -1.06. The lowest BCUT2D eigenvalue weighted by molar-refractivity contribution is 0.0495. The van der Waals surface area contributed by atoms with Crippen LogP contribution >= 0.6 is 11.6 Å². The SMILES string of the molecule is Cc1cc(Cl)ccc1C(=O)N1CCC2(CCNCC2)CC1. The summed E-state index contributed by atoms with van der Waals surface area (Å²) in [7, 11) is 0. The number of likely N-dealkylation sites (tertiary alicyclic amines) is 1. The van der Waals surface area contributed by atoms with Gasteiger partial charge in [0.2, 0.25) is 0 Å². The Morgan fingerprint density at radius 1 is 1.19 bits per heavy atom. The maximum absolute atomic E-state index is 12.7. The van der Waals surface area contributed by atoms with E-state index in [2.05, 4.69) is 5.32 Å². The second-order valence-corrected chi connectivity index (χ2v) is 6.94. The van der Waals surface area contributed by atoms with Crippen molar-refractivity contribution in [1.82, 2.24) is 10.2 Å². The largest absolute Gasteiger partial charge is 0.339 e. The van der Waals surface area contributed by atoms with Crippen LogP contribution in [-0.4, -0.2) is 37.0 Å². The van der Waals surface area contributed by atoms with Crippen LogP contribution in [-0.2, 0) is 0 Å². The van der Waals surface area contributed by atoms with Gasteiger partial charge in [0.25, 0.3) is 5.91 Å². The molecule has 0 radical (unpaired) electrons. The summed E-state index contributed by atoms with van der Waals surface area (Å²) in [5.74, 6) is 0.160. The number of benzene rings is 1. The zero-order valence-electron chi connectivity index (χ0n) is 12.6. The second-order valence-electron chi connectivity index (χ2n) is 6.50. The first kappa shape index (κ1) is 14.9. The molecule has 1 N–H and O–H groups in total. The molecule has 0 bridgehead atoms. The minimum Gasteiger partial charge on any atom is -0.339 e. The van der Waals surface area contributed by atoms with Gasteiger partial charge in [-0.05, 0) is 74.9 Å². The molecular formula is C17H23ClN2O. The van der Waals surface area contributed by atoms with Crippen LogP contribution in [0, 0.1) is 12.3 Å². The fraction of sp³-hybridized carbons (Fsp3) is 0.588. The van der Waals surface area contributed by atoms with Crippen molar-refractivity contribution in [1.29, 1.82) is 0 Å². The summed E-state index contributed by atoms with van der Waals surface area (Å²) >= 11 is 5.97. The fourth-order valence-corrected chi connectivity index (χ4v) is 3.91. The third kappa shape index (κ3) is 3.09. The molecule has 0 aliphatic carbocycles. The van der Waals surface area contributed by atoms with E-state index >= 15 is 0 Å². The lowest BCUT2D eigenvalue weighted by Crippen LogP contribution is -2.47. The minimum absolute atomic E-state index is 0.160. The quantitative estimate of drug-likeness (QED) is 0.864. The van der Waals surface area contributed by atoms with Crippen LogP contribution in [0.5, 0.6) is 0 Å². The molecule has 2 heterocycles. The van der Waals surface area contributed by atoms with Gasteiger partial charge in [-0.2, -0.15) is 0 Å². The van der Waals surface area contributed by atoms with Crippen LogP contribution in [0.25, 0.3) is 0 Å². The van der Waals surface area contributed by atoms with Crippen LogP contribution in [0.3, 0.4) is 0 Å². The van der Waals surface area contributed by atoms with Gasteiger partial charge in [0, 0.05) is 23.7 Å². The highest BCUT2D eigenvalue weighted by atomic mass is 35.5. The molecule has 2 aliphatic rings. The van der Waals surface area contributed by atoms with E-state index < -0.39 is 0 Å². The molecule has 0 saturated carbocycles. The van der Waals surface area contributed by atoms with Gasteiger partial charge in [-0.1, -0.05) is 11.6 Å². The molecule has 0 unspecified atom stereocenters. The van der Waals surface area contributed by atoms with Gasteiger partial charge in [-0.15, -0.1) is 0 Å². The summed E-state index contributed by atoms with van der Waals surface area (Å²) in [6, 6.07) is 5.53. The highest BCUT2D eigenvalue weighted by Gasteiger charge is 2.36. The van der Waals surface area contributed by atoms with Crippen molar-refractivity contribution in [3.05, 3.63) is 34.3 Å². The lowest BCUT2D eigenvalue weighted by Gasteiger charge is -2.44. The average molecular weight is 307 g/mol. The third-order valence-corrected chi connectivity index (χ3v) is 5.43. The van der Waals surface area contributed by atoms with Gasteiger partial charge >= 0.3 is 0 Å². The van der Waals surface area contributed by atoms with Crippen LogP contribution in [0.4, 0.5) is 0 Å². The Bertz CT molecular complexity index is 528. The van der Waals surface area contributed by atoms with E-state index in [9.17, 15) is 4.79 Å². The molecule has 0 atom stereocenters. The standard InChI is InChI=1S/C17H23ClN2O/c1-13-12-14(18)2-3-15(13)16(21)20-10-6-17(7-11-20)4-8-19-9-5-17/h2-3,12,19H,4-11H2,1H3. The molecule has 1 spiro atoms. The lowest BCUT2D eigenvalue weighted by atomic mass is 9.71. The van der Waals surface area contributed by atoms with E-state index in [0.29, 0.717) is 10.4 Å². The monoisotopic (exact) mass is 306 g/mol. The van der Waals surface area contributed by atoms with Crippen LogP contribution in [0.15, 0.2) is 18.2 Å². The average Bonchev–Trinajstić information content (AvgIpc) is 2.48. The Morgan fingerprint density at radius 2 is 1.86 bits per heavy atom.